The van der Waals surface area contributed by atoms with Gasteiger partial charge in [0.2, 0.25) is 5.91 Å². The number of nitrogens with two attached hydrogens (primary N) is 1. The fourth-order valence-electron chi connectivity index (χ4n) is 2.27. The zero-order chi connectivity index (χ0) is 12.5. The summed E-state index contributed by atoms with van der Waals surface area (Å²) in [5.74, 6) is 1.10. The van der Waals surface area contributed by atoms with E-state index in [1.165, 1.54) is 25.7 Å². The van der Waals surface area contributed by atoms with Crippen LogP contribution in [0.3, 0.4) is 0 Å². The van der Waals surface area contributed by atoms with Crippen molar-refractivity contribution >= 4 is 11.7 Å². The van der Waals surface area contributed by atoms with Gasteiger partial charge in [-0.1, -0.05) is 30.8 Å². The molecule has 0 aliphatic heterocycles. The summed E-state index contributed by atoms with van der Waals surface area (Å²) in [5.41, 5.74) is 5.32. The first-order valence-corrected chi connectivity index (χ1v) is 6.45. The Labute approximate surface area is 102 Å². The molecule has 0 spiro atoms. The van der Waals surface area contributed by atoms with E-state index in [1.807, 2.05) is 0 Å². The fraction of sp³-hybridized carbons (Fsp3) is 0.833. The summed E-state index contributed by atoms with van der Waals surface area (Å²) in [6.45, 7) is 0.597. The molecular weight excluding hydrogens is 218 g/mol. The highest BCUT2D eigenvalue weighted by Crippen LogP contribution is 2.28. The predicted octanol–water partition coefficient (Wildman–Crippen LogP) is 1.60. The molecule has 98 valence electrons. The predicted molar refractivity (Wildman–Crippen MR) is 66.8 cm³/mol. The van der Waals surface area contributed by atoms with Crippen molar-refractivity contribution in [3.05, 3.63) is 0 Å². The normalized spacial score (nSPS) is 17.3. The molecule has 0 heterocycles. The second-order valence-corrected chi connectivity index (χ2v) is 4.73. The molecule has 0 aromatic rings. The number of nitrogens with zero attached hydrogens (tertiary/aromatic N) is 1. The highest BCUT2D eigenvalue weighted by atomic mass is 16.4. The third kappa shape index (κ3) is 6.14. The molecule has 0 atom stereocenters. The topological polar surface area (TPSA) is 87.7 Å². The van der Waals surface area contributed by atoms with Crippen molar-refractivity contribution in [3.8, 4) is 0 Å². The van der Waals surface area contributed by atoms with Crippen LogP contribution in [0.1, 0.15) is 51.4 Å². The van der Waals surface area contributed by atoms with E-state index >= 15 is 0 Å². The molecule has 0 saturated heterocycles. The van der Waals surface area contributed by atoms with Crippen LogP contribution in [0.15, 0.2) is 5.16 Å². The quantitative estimate of drug-likeness (QED) is 0.208. The molecule has 1 saturated carbocycles. The number of nitrogens with one attached hydrogen (secondary N) is 1. The van der Waals surface area contributed by atoms with Crippen molar-refractivity contribution < 1.29 is 10.0 Å². The lowest BCUT2D eigenvalue weighted by Gasteiger charge is -2.08. The van der Waals surface area contributed by atoms with E-state index in [0.29, 0.717) is 25.8 Å². The number of hydrogen-bond donors (Lipinski definition) is 3. The summed E-state index contributed by atoms with van der Waals surface area (Å²) in [7, 11) is 0. The highest BCUT2D eigenvalue weighted by molar-refractivity contribution is 5.79. The molecule has 0 unspecified atom stereocenters. The van der Waals surface area contributed by atoms with Crippen LogP contribution in [0.25, 0.3) is 0 Å². The molecule has 4 N–H and O–H groups in total. The number of amides is 1. The molecule has 17 heavy (non-hydrogen) atoms. The lowest BCUT2D eigenvalue weighted by molar-refractivity contribution is -0.121. The lowest BCUT2D eigenvalue weighted by Crippen LogP contribution is -2.25. The highest BCUT2D eigenvalue weighted by Gasteiger charge is 2.15. The van der Waals surface area contributed by atoms with E-state index in [9.17, 15) is 4.79 Å². The van der Waals surface area contributed by atoms with Gasteiger partial charge < -0.3 is 16.3 Å². The smallest absolute Gasteiger partial charge is 0.220 e. The van der Waals surface area contributed by atoms with Gasteiger partial charge in [0.25, 0.3) is 0 Å². The fourth-order valence-corrected chi connectivity index (χ4v) is 2.27. The Balaban J connectivity index is 1.97. The monoisotopic (exact) mass is 241 g/mol. The first-order valence-electron chi connectivity index (χ1n) is 6.45. The average Bonchev–Trinajstić information content (AvgIpc) is 2.84. The van der Waals surface area contributed by atoms with Crippen LogP contribution in [0, 0.1) is 5.92 Å². The summed E-state index contributed by atoms with van der Waals surface area (Å²) in [6.07, 6.45) is 8.11. The van der Waals surface area contributed by atoms with Crippen molar-refractivity contribution in [3.63, 3.8) is 0 Å². The van der Waals surface area contributed by atoms with Crippen molar-refractivity contribution in [1.82, 2.24) is 5.32 Å². The minimum atomic E-state index is 0.122. The van der Waals surface area contributed by atoms with E-state index in [4.69, 9.17) is 10.9 Å². The van der Waals surface area contributed by atoms with Crippen LogP contribution in [-0.2, 0) is 4.79 Å². The Morgan fingerprint density at radius 3 is 2.71 bits per heavy atom. The van der Waals surface area contributed by atoms with E-state index in [1.54, 1.807) is 0 Å². The van der Waals surface area contributed by atoms with Gasteiger partial charge in [-0.25, -0.2) is 0 Å². The molecule has 0 aromatic heterocycles. The molecule has 1 aliphatic carbocycles. The number of oxime groups is 1. The summed E-state index contributed by atoms with van der Waals surface area (Å²) >= 11 is 0. The minimum Gasteiger partial charge on any atom is -0.409 e. The van der Waals surface area contributed by atoms with Crippen molar-refractivity contribution in [2.45, 2.75) is 51.4 Å². The SMILES string of the molecule is NC(CCCNC(=O)CCC1CCCC1)=NO. The summed E-state index contributed by atoms with van der Waals surface area (Å²) in [6, 6.07) is 0. The molecule has 1 amide bonds. The molecule has 5 heteroatoms. The van der Waals surface area contributed by atoms with Crippen LogP contribution in [0.2, 0.25) is 0 Å². The third-order valence-electron chi connectivity index (χ3n) is 3.31. The standard InChI is InChI=1S/C12H23N3O2/c13-11(15-17)6-3-9-14-12(16)8-7-10-4-1-2-5-10/h10,17H,1-9H2,(H2,13,15)(H,14,16). The Kier molecular flexibility index (Phi) is 6.43. The van der Waals surface area contributed by atoms with Crippen molar-refractivity contribution in [2.75, 3.05) is 6.54 Å². The average molecular weight is 241 g/mol. The Morgan fingerprint density at radius 1 is 1.35 bits per heavy atom. The molecule has 5 nitrogen and oxygen atoms in total. The van der Waals surface area contributed by atoms with Crippen LogP contribution in [-0.4, -0.2) is 23.5 Å². The zero-order valence-electron chi connectivity index (χ0n) is 10.3. The Bertz CT molecular complexity index is 260. The van der Waals surface area contributed by atoms with E-state index in [0.717, 1.165) is 12.3 Å². The third-order valence-corrected chi connectivity index (χ3v) is 3.31. The van der Waals surface area contributed by atoms with Gasteiger partial charge in [-0.2, -0.15) is 0 Å². The number of carbonyl (C=O) groups is 1. The van der Waals surface area contributed by atoms with Crippen molar-refractivity contribution in [2.24, 2.45) is 16.8 Å². The van der Waals surface area contributed by atoms with Crippen LogP contribution >= 0.6 is 0 Å². The second-order valence-electron chi connectivity index (χ2n) is 4.73. The van der Waals surface area contributed by atoms with Gasteiger partial charge in [0.15, 0.2) is 0 Å². The minimum absolute atomic E-state index is 0.122. The number of rotatable bonds is 7. The lowest BCUT2D eigenvalue weighted by atomic mass is 10.0. The van der Waals surface area contributed by atoms with Gasteiger partial charge in [-0.05, 0) is 18.8 Å². The number of carbonyl (C=O) groups excluding carboxylic acids is 1. The molecule has 0 bridgehead atoms. The summed E-state index contributed by atoms with van der Waals surface area (Å²) in [4.78, 5) is 11.5. The summed E-state index contributed by atoms with van der Waals surface area (Å²) in [5, 5.41) is 14.1. The molecule has 1 rings (SSSR count). The van der Waals surface area contributed by atoms with E-state index in [2.05, 4.69) is 10.5 Å². The second kappa shape index (κ2) is 7.92. The van der Waals surface area contributed by atoms with Crippen LogP contribution < -0.4 is 11.1 Å². The van der Waals surface area contributed by atoms with Gasteiger partial charge in [0, 0.05) is 19.4 Å². The first-order chi connectivity index (χ1) is 8.22. The molecule has 1 fully saturated rings. The van der Waals surface area contributed by atoms with E-state index < -0.39 is 0 Å². The van der Waals surface area contributed by atoms with Gasteiger partial charge >= 0.3 is 0 Å². The van der Waals surface area contributed by atoms with Gasteiger partial charge in [-0.3, -0.25) is 4.79 Å². The van der Waals surface area contributed by atoms with Gasteiger partial charge in [0.1, 0.15) is 5.84 Å². The number of hydrogen-bond acceptors (Lipinski definition) is 3. The molecule has 0 aromatic carbocycles. The van der Waals surface area contributed by atoms with Crippen LogP contribution in [0.4, 0.5) is 0 Å². The van der Waals surface area contributed by atoms with Gasteiger partial charge in [-0.15, -0.1) is 0 Å². The number of amidine groups is 1. The maximum Gasteiger partial charge on any atom is 0.220 e. The summed E-state index contributed by atoms with van der Waals surface area (Å²) < 4.78 is 0. The maximum atomic E-state index is 11.5. The van der Waals surface area contributed by atoms with Crippen LogP contribution in [0.5, 0.6) is 0 Å². The Hall–Kier alpha value is -1.26. The van der Waals surface area contributed by atoms with Gasteiger partial charge in [0.05, 0.1) is 0 Å². The molecule has 0 radical (unpaired) electrons. The van der Waals surface area contributed by atoms with Crippen molar-refractivity contribution in [1.29, 1.82) is 0 Å². The van der Waals surface area contributed by atoms with E-state index in [-0.39, 0.29) is 11.7 Å². The molecular formula is C12H23N3O2. The maximum absolute atomic E-state index is 11.5. The first kappa shape index (κ1) is 13.8. The Morgan fingerprint density at radius 2 is 2.06 bits per heavy atom. The zero-order valence-corrected chi connectivity index (χ0v) is 10.3. The molecule has 1 aliphatic rings. The largest absolute Gasteiger partial charge is 0.409 e.